The summed E-state index contributed by atoms with van der Waals surface area (Å²) in [7, 11) is -3.77. The molecule has 162 valence electrons. The summed E-state index contributed by atoms with van der Waals surface area (Å²) < 4.78 is 36.3. The third kappa shape index (κ3) is 5.73. The molecular formula is C21H26N2O6S. The molecule has 1 amide bonds. The van der Waals surface area contributed by atoms with E-state index in [1.165, 1.54) is 0 Å². The zero-order chi connectivity index (χ0) is 22.3. The van der Waals surface area contributed by atoms with Gasteiger partial charge in [-0.25, -0.2) is 13.2 Å². The molecule has 0 unspecified atom stereocenters. The van der Waals surface area contributed by atoms with Crippen molar-refractivity contribution < 1.29 is 27.5 Å². The Labute approximate surface area is 176 Å². The van der Waals surface area contributed by atoms with E-state index >= 15 is 0 Å². The van der Waals surface area contributed by atoms with Crippen LogP contribution in [0.1, 0.15) is 29.8 Å². The maximum absolute atomic E-state index is 12.7. The Bertz CT molecular complexity index is 1020. The summed E-state index contributed by atoms with van der Waals surface area (Å²) in [6.07, 6.45) is 1.02. The molecule has 0 bridgehead atoms. The molecule has 9 heteroatoms. The summed E-state index contributed by atoms with van der Waals surface area (Å²) in [5.41, 5.74) is 1.53. The molecule has 0 aliphatic carbocycles. The van der Waals surface area contributed by atoms with Crippen LogP contribution in [-0.2, 0) is 19.6 Å². The summed E-state index contributed by atoms with van der Waals surface area (Å²) in [6.45, 7) is 5.30. The van der Waals surface area contributed by atoms with Crippen molar-refractivity contribution in [3.8, 4) is 5.75 Å². The average Bonchev–Trinajstić information content (AvgIpc) is 2.68. The number of benzene rings is 2. The van der Waals surface area contributed by atoms with Crippen LogP contribution in [0.4, 0.5) is 11.4 Å². The fourth-order valence-corrected chi connectivity index (χ4v) is 3.70. The molecule has 0 aromatic heterocycles. The van der Waals surface area contributed by atoms with Crippen LogP contribution in [0.3, 0.4) is 0 Å². The van der Waals surface area contributed by atoms with Crippen molar-refractivity contribution in [2.75, 3.05) is 35.6 Å². The molecule has 1 N–H and O–H groups in total. The predicted molar refractivity (Wildman–Crippen MR) is 116 cm³/mol. The molecule has 0 aliphatic rings. The molecular weight excluding hydrogens is 408 g/mol. The lowest BCUT2D eigenvalue weighted by atomic mass is 10.1. The van der Waals surface area contributed by atoms with Crippen molar-refractivity contribution in [3.63, 3.8) is 0 Å². The summed E-state index contributed by atoms with van der Waals surface area (Å²) in [4.78, 5) is 24.8. The van der Waals surface area contributed by atoms with Crippen molar-refractivity contribution in [1.82, 2.24) is 0 Å². The minimum Gasteiger partial charge on any atom is -0.492 e. The number of rotatable bonds is 9. The lowest BCUT2D eigenvalue weighted by molar-refractivity contribution is -0.114. The summed E-state index contributed by atoms with van der Waals surface area (Å²) in [6, 6.07) is 11.5. The molecule has 2 aromatic rings. The van der Waals surface area contributed by atoms with Crippen LogP contribution in [0, 0.1) is 6.92 Å². The zero-order valence-electron chi connectivity index (χ0n) is 17.5. The normalized spacial score (nSPS) is 10.9. The first kappa shape index (κ1) is 23.2. The van der Waals surface area contributed by atoms with Gasteiger partial charge in [-0.05, 0) is 50.6 Å². The van der Waals surface area contributed by atoms with Gasteiger partial charge in [-0.2, -0.15) is 0 Å². The van der Waals surface area contributed by atoms with E-state index < -0.39 is 28.4 Å². The van der Waals surface area contributed by atoms with E-state index in [0.29, 0.717) is 29.2 Å². The fourth-order valence-electron chi connectivity index (χ4n) is 2.84. The van der Waals surface area contributed by atoms with E-state index in [2.05, 4.69) is 5.32 Å². The van der Waals surface area contributed by atoms with Gasteiger partial charge in [0.1, 0.15) is 12.3 Å². The number of amides is 1. The number of hydrogen-bond acceptors (Lipinski definition) is 6. The monoisotopic (exact) mass is 434 g/mol. The molecule has 2 aromatic carbocycles. The smallest absolute Gasteiger partial charge is 0.338 e. The molecule has 30 heavy (non-hydrogen) atoms. The van der Waals surface area contributed by atoms with Crippen LogP contribution in [0.25, 0.3) is 0 Å². The Hall–Kier alpha value is -3.07. The van der Waals surface area contributed by atoms with Gasteiger partial charge in [-0.15, -0.1) is 0 Å². The van der Waals surface area contributed by atoms with Gasteiger partial charge in [0.25, 0.3) is 0 Å². The van der Waals surface area contributed by atoms with Crippen LogP contribution in [0.5, 0.6) is 5.75 Å². The number of nitrogens with zero attached hydrogens (tertiary/aromatic N) is 1. The molecule has 0 fully saturated rings. The van der Waals surface area contributed by atoms with Crippen molar-refractivity contribution in [3.05, 3.63) is 53.6 Å². The SMILES string of the molecule is CCOC(=O)c1cccc(NC(=O)CN(c2ccccc2OCC)S(C)(=O)=O)c1C. The van der Waals surface area contributed by atoms with Gasteiger partial charge >= 0.3 is 5.97 Å². The lowest BCUT2D eigenvalue weighted by Crippen LogP contribution is -2.37. The van der Waals surface area contributed by atoms with Crippen molar-refractivity contribution in [2.45, 2.75) is 20.8 Å². The largest absolute Gasteiger partial charge is 0.492 e. The number of carbonyl (C=O) groups is 2. The first-order chi connectivity index (χ1) is 14.2. The Morgan fingerprint density at radius 3 is 2.37 bits per heavy atom. The second-order valence-electron chi connectivity index (χ2n) is 6.42. The van der Waals surface area contributed by atoms with Gasteiger partial charge in [0.15, 0.2) is 0 Å². The van der Waals surface area contributed by atoms with Gasteiger partial charge in [0.2, 0.25) is 15.9 Å². The number of esters is 1. The Kier molecular flexibility index (Phi) is 7.82. The number of para-hydroxylation sites is 2. The highest BCUT2D eigenvalue weighted by molar-refractivity contribution is 7.92. The Morgan fingerprint density at radius 2 is 1.73 bits per heavy atom. The Morgan fingerprint density at radius 1 is 1.03 bits per heavy atom. The number of carbonyl (C=O) groups excluding carboxylic acids is 2. The zero-order valence-corrected chi connectivity index (χ0v) is 18.3. The number of nitrogens with one attached hydrogen (secondary N) is 1. The first-order valence-electron chi connectivity index (χ1n) is 9.45. The number of ether oxygens (including phenoxy) is 2. The van der Waals surface area contributed by atoms with E-state index in [0.717, 1.165) is 10.6 Å². The molecule has 8 nitrogen and oxygen atoms in total. The first-order valence-corrected chi connectivity index (χ1v) is 11.3. The van der Waals surface area contributed by atoms with Gasteiger partial charge in [0.05, 0.1) is 30.7 Å². The average molecular weight is 435 g/mol. The van der Waals surface area contributed by atoms with Crippen molar-refractivity contribution in [1.29, 1.82) is 0 Å². The van der Waals surface area contributed by atoms with E-state index in [4.69, 9.17) is 9.47 Å². The predicted octanol–water partition coefficient (Wildman–Crippen LogP) is 2.98. The van der Waals surface area contributed by atoms with E-state index in [1.54, 1.807) is 63.2 Å². The fraction of sp³-hybridized carbons (Fsp3) is 0.333. The maximum atomic E-state index is 12.7. The number of sulfonamides is 1. The highest BCUT2D eigenvalue weighted by atomic mass is 32.2. The molecule has 0 radical (unpaired) electrons. The minimum atomic E-state index is -3.77. The third-order valence-corrected chi connectivity index (χ3v) is 5.35. The summed E-state index contributed by atoms with van der Waals surface area (Å²) in [5, 5.41) is 2.68. The maximum Gasteiger partial charge on any atom is 0.338 e. The van der Waals surface area contributed by atoms with Gasteiger partial charge < -0.3 is 14.8 Å². The van der Waals surface area contributed by atoms with Crippen LogP contribution in [0.15, 0.2) is 42.5 Å². The molecule has 2 rings (SSSR count). The third-order valence-electron chi connectivity index (χ3n) is 4.22. The van der Waals surface area contributed by atoms with E-state index in [-0.39, 0.29) is 12.3 Å². The topological polar surface area (TPSA) is 102 Å². The second kappa shape index (κ2) is 10.1. The summed E-state index contributed by atoms with van der Waals surface area (Å²) in [5.74, 6) is -0.691. The van der Waals surface area contributed by atoms with Crippen molar-refractivity contribution >= 4 is 33.3 Å². The molecule has 0 heterocycles. The standard InChI is InChI=1S/C21H26N2O6S/c1-5-28-19-13-8-7-12-18(19)23(30(4,26)27)14-20(24)22-17-11-9-10-16(15(17)3)21(25)29-6-2/h7-13H,5-6,14H2,1-4H3,(H,22,24). The highest BCUT2D eigenvalue weighted by Gasteiger charge is 2.24. The molecule has 0 saturated carbocycles. The van der Waals surface area contributed by atoms with E-state index in [9.17, 15) is 18.0 Å². The lowest BCUT2D eigenvalue weighted by Gasteiger charge is -2.24. The van der Waals surface area contributed by atoms with Gasteiger partial charge in [-0.3, -0.25) is 9.10 Å². The second-order valence-corrected chi connectivity index (χ2v) is 8.32. The quantitative estimate of drug-likeness (QED) is 0.609. The van der Waals surface area contributed by atoms with Gasteiger partial charge in [-0.1, -0.05) is 18.2 Å². The summed E-state index contributed by atoms with van der Waals surface area (Å²) >= 11 is 0. The van der Waals surface area contributed by atoms with Crippen LogP contribution in [-0.4, -0.2) is 46.3 Å². The molecule has 0 atom stereocenters. The van der Waals surface area contributed by atoms with Crippen molar-refractivity contribution in [2.24, 2.45) is 0 Å². The molecule has 0 aliphatic heterocycles. The number of hydrogen-bond donors (Lipinski definition) is 1. The minimum absolute atomic E-state index is 0.234. The van der Waals surface area contributed by atoms with Gasteiger partial charge in [0, 0.05) is 5.69 Å². The molecule has 0 saturated heterocycles. The Balaban J connectivity index is 2.29. The van der Waals surface area contributed by atoms with Crippen LogP contribution >= 0.6 is 0 Å². The van der Waals surface area contributed by atoms with E-state index in [1.807, 2.05) is 0 Å². The number of anilines is 2. The van der Waals surface area contributed by atoms with Crippen LogP contribution in [0.2, 0.25) is 0 Å². The highest BCUT2D eigenvalue weighted by Crippen LogP contribution is 2.30. The molecule has 0 spiro atoms. The van der Waals surface area contributed by atoms with Crippen LogP contribution < -0.4 is 14.4 Å².